The van der Waals surface area contributed by atoms with E-state index in [9.17, 15) is 0 Å². The van der Waals surface area contributed by atoms with Crippen LogP contribution in [0.25, 0.3) is 22.3 Å². The second-order valence-corrected chi connectivity index (χ2v) is 16.8. The molecule has 5 aromatic rings. The molecular weight excluding hydrogens is 693 g/mol. The lowest BCUT2D eigenvalue weighted by molar-refractivity contribution is 0.411. The molecule has 3 heteroatoms. The van der Waals surface area contributed by atoms with Crippen LogP contribution in [0.5, 0.6) is 0 Å². The summed E-state index contributed by atoms with van der Waals surface area (Å²) in [5.74, 6) is 1.65. The van der Waals surface area contributed by atoms with Crippen molar-refractivity contribution in [3.63, 3.8) is 0 Å². The highest BCUT2D eigenvalue weighted by atomic mass is 16.5. The molecule has 5 aliphatic carbocycles. The maximum Gasteiger partial charge on any atom is 0.222 e. The first kappa shape index (κ1) is 34.1. The van der Waals surface area contributed by atoms with E-state index in [1.165, 1.54) is 78.3 Å². The van der Waals surface area contributed by atoms with Crippen molar-refractivity contribution < 1.29 is 4.74 Å². The number of nitrogens with zero attached hydrogens (tertiary/aromatic N) is 2. The molecule has 0 amide bonds. The van der Waals surface area contributed by atoms with E-state index in [1.54, 1.807) is 0 Å². The lowest BCUT2D eigenvalue weighted by Crippen LogP contribution is -2.32. The lowest BCUT2D eigenvalue weighted by Gasteiger charge is -2.38. The molecular formula is C54H46N2O. The highest BCUT2D eigenvalue weighted by molar-refractivity contribution is 5.97. The average molecular weight is 739 g/mol. The summed E-state index contributed by atoms with van der Waals surface area (Å²) >= 11 is 0. The van der Waals surface area contributed by atoms with E-state index in [4.69, 9.17) is 9.73 Å². The fourth-order valence-electron chi connectivity index (χ4n) is 10.6. The van der Waals surface area contributed by atoms with Crippen LogP contribution in [-0.4, -0.2) is 11.9 Å². The standard InChI is InChI=1S/C54H46N2O/c1-35-16-15-25-47-51(35)44-33-40(56(39-21-11-6-12-22-39)41-27-29-43-42-23-13-14-24-45(42)53(2,3)48(43)34-41)28-30-46(44)54(47,37-19-9-5-10-20-37)38-26-31-49-50(32-38)57-52(55-49)36-17-7-4-8-18-36/h4,6-9,11,13-21,23-30,32-34,49H,5,10,12,22,31H2,1-3H3. The van der Waals surface area contributed by atoms with Crippen molar-refractivity contribution in [1.29, 1.82) is 0 Å². The molecule has 6 aliphatic rings. The fourth-order valence-corrected chi connectivity index (χ4v) is 10.6. The molecule has 0 saturated carbocycles. The van der Waals surface area contributed by atoms with Gasteiger partial charge in [-0.2, -0.15) is 0 Å². The van der Waals surface area contributed by atoms with Crippen LogP contribution in [0.2, 0.25) is 0 Å². The number of allylic oxidation sites excluding steroid dienone is 10. The molecule has 0 bridgehead atoms. The second kappa shape index (κ2) is 12.9. The molecule has 0 N–H and O–H groups in total. The number of ether oxygens (including phenoxy) is 1. The van der Waals surface area contributed by atoms with Crippen molar-refractivity contribution in [3.8, 4) is 22.3 Å². The third-order valence-electron chi connectivity index (χ3n) is 13.3. The normalized spacial score (nSPS) is 21.8. The molecule has 57 heavy (non-hydrogen) atoms. The van der Waals surface area contributed by atoms with Crippen LogP contribution in [0.3, 0.4) is 0 Å². The van der Waals surface area contributed by atoms with Crippen molar-refractivity contribution in [2.45, 2.75) is 69.7 Å². The molecule has 1 aliphatic heterocycles. The van der Waals surface area contributed by atoms with E-state index < -0.39 is 5.41 Å². The molecule has 5 aromatic carbocycles. The Morgan fingerprint density at radius 1 is 0.684 bits per heavy atom. The van der Waals surface area contributed by atoms with Gasteiger partial charge in [0.05, 0.1) is 5.41 Å². The van der Waals surface area contributed by atoms with Crippen LogP contribution in [0.4, 0.5) is 11.4 Å². The first-order valence-corrected chi connectivity index (χ1v) is 20.7. The summed E-state index contributed by atoms with van der Waals surface area (Å²) in [5.41, 5.74) is 18.9. The Labute approximate surface area is 336 Å². The zero-order valence-electron chi connectivity index (χ0n) is 32.9. The molecule has 0 spiro atoms. The summed E-state index contributed by atoms with van der Waals surface area (Å²) in [6.45, 7) is 7.03. The number of aryl methyl sites for hydroxylation is 1. The van der Waals surface area contributed by atoms with Gasteiger partial charge in [0.15, 0.2) is 0 Å². The Hall–Kier alpha value is -6.19. The van der Waals surface area contributed by atoms with Crippen molar-refractivity contribution >= 4 is 17.3 Å². The Morgan fingerprint density at radius 3 is 2.33 bits per heavy atom. The van der Waals surface area contributed by atoms with Gasteiger partial charge in [-0.25, -0.2) is 4.99 Å². The van der Waals surface area contributed by atoms with Gasteiger partial charge in [-0.1, -0.05) is 123 Å². The number of anilines is 2. The highest BCUT2D eigenvalue weighted by Crippen LogP contribution is 2.60. The molecule has 3 nitrogen and oxygen atoms in total. The van der Waals surface area contributed by atoms with E-state index in [0.29, 0.717) is 5.90 Å². The summed E-state index contributed by atoms with van der Waals surface area (Å²) in [6.07, 6.45) is 23.7. The quantitative estimate of drug-likeness (QED) is 0.173. The topological polar surface area (TPSA) is 24.8 Å². The van der Waals surface area contributed by atoms with Crippen molar-refractivity contribution in [3.05, 3.63) is 214 Å². The van der Waals surface area contributed by atoms with Crippen LogP contribution in [0.15, 0.2) is 185 Å². The zero-order chi connectivity index (χ0) is 38.3. The second-order valence-electron chi connectivity index (χ2n) is 16.8. The van der Waals surface area contributed by atoms with Gasteiger partial charge in [0.25, 0.3) is 0 Å². The van der Waals surface area contributed by atoms with Crippen molar-refractivity contribution in [2.75, 3.05) is 4.90 Å². The van der Waals surface area contributed by atoms with Crippen LogP contribution < -0.4 is 4.90 Å². The summed E-state index contributed by atoms with van der Waals surface area (Å²) in [6, 6.07) is 40.6. The van der Waals surface area contributed by atoms with Gasteiger partial charge in [0.1, 0.15) is 11.8 Å². The first-order chi connectivity index (χ1) is 27.9. The smallest absolute Gasteiger partial charge is 0.222 e. The average Bonchev–Trinajstić information content (AvgIpc) is 3.89. The Bertz CT molecular complexity index is 2730. The first-order valence-electron chi connectivity index (χ1n) is 20.7. The van der Waals surface area contributed by atoms with E-state index in [1.807, 2.05) is 18.2 Å². The summed E-state index contributed by atoms with van der Waals surface area (Å²) < 4.78 is 6.62. The van der Waals surface area contributed by atoms with Gasteiger partial charge in [-0.15, -0.1) is 0 Å². The van der Waals surface area contributed by atoms with Gasteiger partial charge < -0.3 is 9.64 Å². The Kier molecular flexibility index (Phi) is 7.73. The van der Waals surface area contributed by atoms with Crippen LogP contribution >= 0.6 is 0 Å². The van der Waals surface area contributed by atoms with Crippen LogP contribution in [0.1, 0.15) is 79.3 Å². The monoisotopic (exact) mass is 738 g/mol. The molecule has 0 saturated heterocycles. The molecule has 2 atom stereocenters. The minimum Gasteiger partial charge on any atom is -0.441 e. The Balaban J connectivity index is 1.08. The van der Waals surface area contributed by atoms with E-state index >= 15 is 0 Å². The Morgan fingerprint density at radius 2 is 1.49 bits per heavy atom. The molecule has 2 unspecified atom stereocenters. The summed E-state index contributed by atoms with van der Waals surface area (Å²) in [4.78, 5) is 7.59. The highest BCUT2D eigenvalue weighted by Gasteiger charge is 2.49. The minimum absolute atomic E-state index is 0.00594. The molecule has 0 radical (unpaired) electrons. The maximum absolute atomic E-state index is 6.62. The van der Waals surface area contributed by atoms with Gasteiger partial charge in [-0.3, -0.25) is 0 Å². The van der Waals surface area contributed by atoms with Crippen molar-refractivity contribution in [2.24, 2.45) is 4.99 Å². The van der Waals surface area contributed by atoms with Crippen molar-refractivity contribution in [1.82, 2.24) is 0 Å². The maximum atomic E-state index is 6.62. The predicted molar refractivity (Wildman–Crippen MR) is 235 cm³/mol. The fraction of sp³-hybridized carbons (Fsp3) is 0.204. The molecule has 0 fully saturated rings. The number of rotatable bonds is 6. The lowest BCUT2D eigenvalue weighted by atomic mass is 9.64. The molecule has 11 rings (SSSR count). The number of hydrogen-bond donors (Lipinski definition) is 0. The number of benzene rings is 5. The van der Waals surface area contributed by atoms with Crippen LogP contribution in [0, 0.1) is 6.92 Å². The number of hydrogen-bond acceptors (Lipinski definition) is 3. The minimum atomic E-state index is -0.482. The van der Waals surface area contributed by atoms with E-state index in [-0.39, 0.29) is 11.5 Å². The molecule has 278 valence electrons. The van der Waals surface area contributed by atoms with Gasteiger partial charge in [-0.05, 0) is 149 Å². The van der Waals surface area contributed by atoms with E-state index in [2.05, 4.69) is 165 Å². The largest absolute Gasteiger partial charge is 0.441 e. The van der Waals surface area contributed by atoms with Crippen LogP contribution in [-0.2, 0) is 15.6 Å². The number of fused-ring (bicyclic) bond motifs is 7. The zero-order valence-corrected chi connectivity index (χ0v) is 32.9. The number of aliphatic imine (C=N–C) groups is 1. The SMILES string of the molecule is Cc1cccc2c1-c1cc(N(C3=CC=CCC3)c3ccc4c(c3)C(C)(C)c3ccccc3-4)ccc1C2(C1=CCCC=C1)C1=CCC2N=C(c3ccccc3)OC2=C1. The van der Waals surface area contributed by atoms with E-state index in [0.717, 1.165) is 43.4 Å². The third kappa shape index (κ3) is 5.07. The van der Waals surface area contributed by atoms with Gasteiger partial charge in [0.2, 0.25) is 5.90 Å². The predicted octanol–water partition coefficient (Wildman–Crippen LogP) is 13.3. The summed E-state index contributed by atoms with van der Waals surface area (Å²) in [5, 5.41) is 0. The molecule has 0 aromatic heterocycles. The third-order valence-corrected chi connectivity index (χ3v) is 13.3. The molecule has 1 heterocycles. The summed E-state index contributed by atoms with van der Waals surface area (Å²) in [7, 11) is 0. The van der Waals surface area contributed by atoms with Gasteiger partial charge >= 0.3 is 0 Å². The van der Waals surface area contributed by atoms with Gasteiger partial charge in [0, 0.05) is 28.1 Å².